The second-order valence-electron chi connectivity index (χ2n) is 5.00. The van der Waals surface area contributed by atoms with Crippen molar-refractivity contribution in [3.8, 4) is 0 Å². The van der Waals surface area contributed by atoms with Crippen LogP contribution in [0.4, 0.5) is 5.69 Å². The molecule has 0 bridgehead atoms. The number of anilines is 1. The summed E-state index contributed by atoms with van der Waals surface area (Å²) in [6.45, 7) is 6.80. The van der Waals surface area contributed by atoms with E-state index in [1.165, 1.54) is 29.7 Å². The summed E-state index contributed by atoms with van der Waals surface area (Å²) in [5.74, 6) is 0. The topological polar surface area (TPSA) is 3.24 Å². The predicted molar refractivity (Wildman–Crippen MR) is 62.0 cm³/mol. The van der Waals surface area contributed by atoms with Crippen LogP contribution in [0.5, 0.6) is 0 Å². The minimum atomic E-state index is 0.306. The number of benzene rings is 1. The Labute approximate surface area is 86.7 Å². The molecule has 1 heteroatoms. The van der Waals surface area contributed by atoms with E-state index in [2.05, 4.69) is 50.9 Å². The van der Waals surface area contributed by atoms with E-state index in [-0.39, 0.29) is 0 Å². The van der Waals surface area contributed by atoms with Crippen molar-refractivity contribution in [1.29, 1.82) is 0 Å². The Balaban J connectivity index is 2.48. The lowest BCUT2D eigenvalue weighted by atomic mass is 9.87. The zero-order valence-electron chi connectivity index (χ0n) is 9.59. The zero-order chi connectivity index (χ0) is 10.3. The Bertz CT molecular complexity index is 352. The number of fused-ring (bicyclic) bond motifs is 1. The lowest BCUT2D eigenvalue weighted by Crippen LogP contribution is -2.44. The third kappa shape index (κ3) is 1.41. The second-order valence-corrected chi connectivity index (χ2v) is 5.00. The van der Waals surface area contributed by atoms with Gasteiger partial charge in [0, 0.05) is 18.3 Å². The van der Waals surface area contributed by atoms with Crippen molar-refractivity contribution in [3.05, 3.63) is 29.3 Å². The van der Waals surface area contributed by atoms with Crippen LogP contribution in [0, 0.1) is 6.92 Å². The fourth-order valence-corrected chi connectivity index (χ4v) is 2.13. The van der Waals surface area contributed by atoms with Crippen molar-refractivity contribution in [2.75, 3.05) is 11.9 Å². The molecule has 0 atom stereocenters. The van der Waals surface area contributed by atoms with Crippen molar-refractivity contribution in [3.63, 3.8) is 0 Å². The van der Waals surface area contributed by atoms with E-state index in [9.17, 15) is 0 Å². The van der Waals surface area contributed by atoms with E-state index >= 15 is 0 Å². The fourth-order valence-electron chi connectivity index (χ4n) is 2.13. The van der Waals surface area contributed by atoms with Gasteiger partial charge in [0.2, 0.25) is 0 Å². The molecule has 1 heterocycles. The largest absolute Gasteiger partial charge is 0.369 e. The standard InChI is InChI=1S/C13H19N/c1-10-5-6-11-7-8-13(2,3)14(4)12(11)9-10/h5-6,9H,7-8H2,1-4H3. The molecule has 76 valence electrons. The van der Waals surface area contributed by atoms with Gasteiger partial charge in [-0.05, 0) is 50.8 Å². The van der Waals surface area contributed by atoms with Crippen LogP contribution in [-0.4, -0.2) is 12.6 Å². The Kier molecular flexibility index (Phi) is 2.06. The third-order valence-corrected chi connectivity index (χ3v) is 3.52. The number of aryl methyl sites for hydroxylation is 2. The van der Waals surface area contributed by atoms with Gasteiger partial charge < -0.3 is 4.90 Å². The van der Waals surface area contributed by atoms with Crippen molar-refractivity contribution in [2.45, 2.75) is 39.2 Å². The van der Waals surface area contributed by atoms with Crippen LogP contribution in [0.25, 0.3) is 0 Å². The zero-order valence-corrected chi connectivity index (χ0v) is 9.59. The molecule has 0 spiro atoms. The first kappa shape index (κ1) is 9.57. The van der Waals surface area contributed by atoms with Crippen LogP contribution in [-0.2, 0) is 6.42 Å². The highest BCUT2D eigenvalue weighted by molar-refractivity contribution is 5.58. The molecule has 1 nitrogen and oxygen atoms in total. The fraction of sp³-hybridized carbons (Fsp3) is 0.538. The van der Waals surface area contributed by atoms with Gasteiger partial charge in [-0.1, -0.05) is 12.1 Å². The van der Waals surface area contributed by atoms with Crippen LogP contribution in [0.15, 0.2) is 18.2 Å². The minimum absolute atomic E-state index is 0.306. The lowest BCUT2D eigenvalue weighted by molar-refractivity contribution is 0.431. The molecule has 14 heavy (non-hydrogen) atoms. The molecule has 2 rings (SSSR count). The molecule has 0 radical (unpaired) electrons. The van der Waals surface area contributed by atoms with E-state index in [1.807, 2.05) is 0 Å². The first-order valence-corrected chi connectivity index (χ1v) is 5.34. The van der Waals surface area contributed by atoms with Gasteiger partial charge in [0.15, 0.2) is 0 Å². The van der Waals surface area contributed by atoms with Crippen LogP contribution in [0.3, 0.4) is 0 Å². The van der Waals surface area contributed by atoms with Gasteiger partial charge in [0.05, 0.1) is 0 Å². The maximum atomic E-state index is 2.42. The molecule has 0 unspecified atom stereocenters. The Morgan fingerprint density at radius 1 is 1.29 bits per heavy atom. The van der Waals surface area contributed by atoms with Gasteiger partial charge in [0.25, 0.3) is 0 Å². The molecule has 0 saturated heterocycles. The van der Waals surface area contributed by atoms with E-state index in [0.29, 0.717) is 5.54 Å². The second kappa shape index (κ2) is 3.01. The van der Waals surface area contributed by atoms with E-state index < -0.39 is 0 Å². The highest BCUT2D eigenvalue weighted by Gasteiger charge is 2.29. The van der Waals surface area contributed by atoms with Gasteiger partial charge >= 0.3 is 0 Å². The van der Waals surface area contributed by atoms with Gasteiger partial charge in [-0.15, -0.1) is 0 Å². The molecule has 0 aliphatic carbocycles. The number of hydrogen-bond donors (Lipinski definition) is 0. The highest BCUT2D eigenvalue weighted by Crippen LogP contribution is 2.35. The first-order chi connectivity index (χ1) is 6.50. The molecule has 0 fully saturated rings. The molecule has 1 aliphatic heterocycles. The summed E-state index contributed by atoms with van der Waals surface area (Å²) in [5.41, 5.74) is 4.58. The molecule has 1 aromatic rings. The summed E-state index contributed by atoms with van der Waals surface area (Å²) in [7, 11) is 2.21. The summed E-state index contributed by atoms with van der Waals surface area (Å²) in [5, 5.41) is 0. The van der Waals surface area contributed by atoms with Gasteiger partial charge in [-0.25, -0.2) is 0 Å². The smallest absolute Gasteiger partial charge is 0.0403 e. The van der Waals surface area contributed by atoms with Crippen LogP contribution in [0.1, 0.15) is 31.4 Å². The molecule has 0 aromatic heterocycles. The van der Waals surface area contributed by atoms with Crippen molar-refractivity contribution in [2.24, 2.45) is 0 Å². The van der Waals surface area contributed by atoms with E-state index in [0.717, 1.165) is 0 Å². The summed E-state index contributed by atoms with van der Waals surface area (Å²) in [4.78, 5) is 2.42. The van der Waals surface area contributed by atoms with Gasteiger partial charge in [0.1, 0.15) is 0 Å². The Morgan fingerprint density at radius 2 is 2.00 bits per heavy atom. The monoisotopic (exact) mass is 189 g/mol. The van der Waals surface area contributed by atoms with Crippen molar-refractivity contribution >= 4 is 5.69 Å². The average Bonchev–Trinajstić information content (AvgIpc) is 2.13. The molecule has 1 aromatic carbocycles. The third-order valence-electron chi connectivity index (χ3n) is 3.52. The van der Waals surface area contributed by atoms with Crippen molar-refractivity contribution in [1.82, 2.24) is 0 Å². The number of rotatable bonds is 0. The first-order valence-electron chi connectivity index (χ1n) is 5.34. The Hall–Kier alpha value is -0.980. The van der Waals surface area contributed by atoms with Crippen LogP contribution in [0.2, 0.25) is 0 Å². The average molecular weight is 189 g/mol. The summed E-state index contributed by atoms with van der Waals surface area (Å²) in [6.07, 6.45) is 2.46. The van der Waals surface area contributed by atoms with E-state index in [4.69, 9.17) is 0 Å². The SMILES string of the molecule is Cc1ccc2c(c1)N(C)C(C)(C)CC2. The maximum Gasteiger partial charge on any atom is 0.0403 e. The molecule has 1 aliphatic rings. The number of nitrogens with zero attached hydrogens (tertiary/aromatic N) is 1. The summed E-state index contributed by atoms with van der Waals surface area (Å²) >= 11 is 0. The Morgan fingerprint density at radius 3 is 2.71 bits per heavy atom. The van der Waals surface area contributed by atoms with Crippen LogP contribution >= 0.6 is 0 Å². The highest BCUT2D eigenvalue weighted by atomic mass is 15.2. The summed E-state index contributed by atoms with van der Waals surface area (Å²) < 4.78 is 0. The van der Waals surface area contributed by atoms with E-state index in [1.54, 1.807) is 0 Å². The quantitative estimate of drug-likeness (QED) is 0.606. The van der Waals surface area contributed by atoms with Gasteiger partial charge in [-0.2, -0.15) is 0 Å². The maximum absolute atomic E-state index is 2.42. The minimum Gasteiger partial charge on any atom is -0.369 e. The van der Waals surface area contributed by atoms with Crippen molar-refractivity contribution < 1.29 is 0 Å². The molecular weight excluding hydrogens is 170 g/mol. The molecule has 0 amide bonds. The summed E-state index contributed by atoms with van der Waals surface area (Å²) in [6, 6.07) is 6.79. The lowest BCUT2D eigenvalue weighted by Gasteiger charge is -2.42. The molecular formula is C13H19N. The van der Waals surface area contributed by atoms with Gasteiger partial charge in [-0.3, -0.25) is 0 Å². The molecule has 0 saturated carbocycles. The molecule has 0 N–H and O–H groups in total. The number of hydrogen-bond acceptors (Lipinski definition) is 1. The predicted octanol–water partition coefficient (Wildman–Crippen LogP) is 3.16. The van der Waals surface area contributed by atoms with Crippen LogP contribution < -0.4 is 4.90 Å². The normalized spacial score (nSPS) is 19.3.